The number of hydrogen-bond acceptors (Lipinski definition) is 0. The van der Waals surface area contributed by atoms with E-state index in [4.69, 9.17) is 0 Å². The van der Waals surface area contributed by atoms with E-state index in [0.29, 0.717) is 0 Å². The number of rotatable bonds is 2. The van der Waals surface area contributed by atoms with Crippen molar-refractivity contribution in [2.24, 2.45) is 0 Å². The molecule has 0 aliphatic heterocycles. The molecule has 0 atom stereocenters. The maximum atomic E-state index is 2.37. The Labute approximate surface area is 152 Å². The fraction of sp³-hybridized carbons (Fsp3) is 0.0400. The maximum absolute atomic E-state index is 2.37. The van der Waals surface area contributed by atoms with Crippen molar-refractivity contribution in [3.05, 3.63) is 102 Å². The fourth-order valence-corrected chi connectivity index (χ4v) is 3.80. The number of para-hydroxylation sites is 1. The van der Waals surface area contributed by atoms with Crippen molar-refractivity contribution >= 4 is 23.1 Å². The normalized spacial score (nSPS) is 12.9. The predicted octanol–water partition coefficient (Wildman–Crippen LogP) is 4.82. The van der Waals surface area contributed by atoms with Crippen LogP contribution in [0, 0.1) is 0 Å². The maximum Gasteiger partial charge on any atom is 0.0540 e. The Kier molecular flexibility index (Phi) is 3.57. The quantitative estimate of drug-likeness (QED) is 0.496. The highest BCUT2D eigenvalue weighted by molar-refractivity contribution is 5.84. The van der Waals surface area contributed by atoms with Crippen LogP contribution in [0.15, 0.2) is 91.0 Å². The molecule has 4 aromatic rings. The minimum Gasteiger partial charge on any atom is -0.309 e. The summed E-state index contributed by atoms with van der Waals surface area (Å²) in [7, 11) is 0. The summed E-state index contributed by atoms with van der Waals surface area (Å²) in [5, 5.41) is 3.90. The largest absolute Gasteiger partial charge is 0.309 e. The molecule has 0 saturated carbocycles. The van der Waals surface area contributed by atoms with Crippen molar-refractivity contribution in [2.45, 2.75) is 6.42 Å². The fourth-order valence-electron chi connectivity index (χ4n) is 3.80. The van der Waals surface area contributed by atoms with E-state index in [1.807, 2.05) is 0 Å². The van der Waals surface area contributed by atoms with Crippen LogP contribution >= 0.6 is 0 Å². The van der Waals surface area contributed by atoms with E-state index in [-0.39, 0.29) is 0 Å². The molecule has 0 radical (unpaired) electrons. The summed E-state index contributed by atoms with van der Waals surface area (Å²) in [5.41, 5.74) is 4.94. The average Bonchev–Trinajstić information content (AvgIpc) is 2.85. The molecule has 0 saturated heterocycles. The number of benzene rings is 3. The van der Waals surface area contributed by atoms with Crippen molar-refractivity contribution in [2.75, 3.05) is 0 Å². The van der Waals surface area contributed by atoms with Gasteiger partial charge in [-0.1, -0.05) is 78.9 Å². The highest BCUT2D eigenvalue weighted by Crippen LogP contribution is 2.22. The average molecular weight is 333 g/mol. The first kappa shape index (κ1) is 15.0. The van der Waals surface area contributed by atoms with Crippen LogP contribution in [-0.4, -0.2) is 4.57 Å². The first-order chi connectivity index (χ1) is 12.9. The van der Waals surface area contributed by atoms with Crippen molar-refractivity contribution in [1.82, 2.24) is 4.57 Å². The van der Waals surface area contributed by atoms with Gasteiger partial charge >= 0.3 is 0 Å². The lowest BCUT2D eigenvalue weighted by atomic mass is 10.1. The van der Waals surface area contributed by atoms with Gasteiger partial charge < -0.3 is 4.57 Å². The van der Waals surface area contributed by atoms with Gasteiger partial charge in [0.25, 0.3) is 0 Å². The number of nitrogens with zero attached hydrogens (tertiary/aromatic N) is 1. The number of fused-ring (bicyclic) bond motifs is 3. The first-order valence-corrected chi connectivity index (χ1v) is 9.04. The second-order valence-corrected chi connectivity index (χ2v) is 6.60. The van der Waals surface area contributed by atoms with Gasteiger partial charge in [0.2, 0.25) is 0 Å². The Bertz CT molecular complexity index is 1220. The summed E-state index contributed by atoms with van der Waals surface area (Å²) in [6, 6.07) is 28.1. The first-order valence-electron chi connectivity index (χ1n) is 9.04. The van der Waals surface area contributed by atoms with E-state index in [9.17, 15) is 0 Å². The molecule has 0 spiro atoms. The third kappa shape index (κ3) is 2.41. The minimum absolute atomic E-state index is 0.977. The summed E-state index contributed by atoms with van der Waals surface area (Å²) in [6.45, 7) is 0. The molecular formula is C25H19N. The van der Waals surface area contributed by atoms with Crippen LogP contribution in [0.1, 0.15) is 6.42 Å². The molecule has 1 aliphatic carbocycles. The van der Waals surface area contributed by atoms with Gasteiger partial charge in [-0.3, -0.25) is 0 Å². The second kappa shape index (κ2) is 6.20. The van der Waals surface area contributed by atoms with Crippen molar-refractivity contribution in [3.63, 3.8) is 0 Å². The highest BCUT2D eigenvalue weighted by atomic mass is 15.0. The van der Waals surface area contributed by atoms with Crippen molar-refractivity contribution in [1.29, 1.82) is 0 Å². The van der Waals surface area contributed by atoms with Crippen LogP contribution in [0.2, 0.25) is 0 Å². The molecule has 1 nitrogen and oxygen atoms in total. The lowest BCUT2D eigenvalue weighted by Gasteiger charge is -2.08. The molecule has 0 N–H and O–H groups in total. The Balaban J connectivity index is 1.75. The van der Waals surface area contributed by atoms with Crippen LogP contribution in [0.3, 0.4) is 0 Å². The number of aromatic nitrogens is 1. The SMILES string of the molecule is C1=CCC=c2c(n(-c3ccc(-c4ccccc4)cc3)c3ccccc23)=C1. The molecule has 1 aliphatic rings. The molecule has 1 aromatic heterocycles. The van der Waals surface area contributed by atoms with E-state index in [0.717, 1.165) is 6.42 Å². The summed E-state index contributed by atoms with van der Waals surface area (Å²) in [4.78, 5) is 0. The molecule has 5 rings (SSSR count). The standard InChI is InChI=1S/C25H19N/c1-3-9-19(10-4-1)20-15-17-21(18-16-20)26-24-13-6-2-5-11-22(24)23-12-7-8-14-25(23)26/h1-4,6-18H,5H2. The van der Waals surface area contributed by atoms with Crippen LogP contribution < -0.4 is 10.6 Å². The lowest BCUT2D eigenvalue weighted by molar-refractivity contribution is 1.07. The number of hydrogen-bond donors (Lipinski definition) is 0. The highest BCUT2D eigenvalue weighted by Gasteiger charge is 2.09. The van der Waals surface area contributed by atoms with Gasteiger partial charge in [0.1, 0.15) is 0 Å². The Morgan fingerprint density at radius 2 is 1.42 bits per heavy atom. The third-order valence-corrected chi connectivity index (χ3v) is 5.03. The van der Waals surface area contributed by atoms with Gasteiger partial charge in [0.05, 0.1) is 10.9 Å². The van der Waals surface area contributed by atoms with Crippen LogP contribution in [0.5, 0.6) is 0 Å². The zero-order valence-electron chi connectivity index (χ0n) is 14.5. The van der Waals surface area contributed by atoms with Gasteiger partial charge in [-0.25, -0.2) is 0 Å². The smallest absolute Gasteiger partial charge is 0.0540 e. The Hall–Kier alpha value is -3.32. The van der Waals surface area contributed by atoms with Gasteiger partial charge in [-0.2, -0.15) is 0 Å². The molecule has 1 heterocycles. The molecule has 0 unspecified atom stereocenters. The molecule has 0 fully saturated rings. The third-order valence-electron chi connectivity index (χ3n) is 5.03. The van der Waals surface area contributed by atoms with Gasteiger partial charge in [-0.15, -0.1) is 0 Å². The summed E-state index contributed by atoms with van der Waals surface area (Å²) in [6.07, 6.45) is 9.90. The summed E-state index contributed by atoms with van der Waals surface area (Å²) in [5.74, 6) is 0. The summed E-state index contributed by atoms with van der Waals surface area (Å²) < 4.78 is 2.37. The van der Waals surface area contributed by atoms with E-state index < -0.39 is 0 Å². The van der Waals surface area contributed by atoms with Crippen molar-refractivity contribution in [3.8, 4) is 16.8 Å². The molecular weight excluding hydrogens is 314 g/mol. The molecule has 0 bridgehead atoms. The van der Waals surface area contributed by atoms with E-state index >= 15 is 0 Å². The molecule has 26 heavy (non-hydrogen) atoms. The monoisotopic (exact) mass is 333 g/mol. The second-order valence-electron chi connectivity index (χ2n) is 6.60. The van der Waals surface area contributed by atoms with E-state index in [1.54, 1.807) is 0 Å². The Morgan fingerprint density at radius 1 is 0.692 bits per heavy atom. The Morgan fingerprint density at radius 3 is 2.27 bits per heavy atom. The zero-order valence-corrected chi connectivity index (χ0v) is 14.5. The number of allylic oxidation sites excluding steroid dienone is 2. The molecule has 0 amide bonds. The minimum atomic E-state index is 0.977. The predicted molar refractivity (Wildman–Crippen MR) is 111 cm³/mol. The van der Waals surface area contributed by atoms with Crippen molar-refractivity contribution < 1.29 is 0 Å². The molecule has 3 aromatic carbocycles. The van der Waals surface area contributed by atoms with Gasteiger partial charge in [0.15, 0.2) is 0 Å². The summed E-state index contributed by atoms with van der Waals surface area (Å²) >= 11 is 0. The molecule has 1 heteroatoms. The van der Waals surface area contributed by atoms with Gasteiger partial charge in [0, 0.05) is 16.3 Å². The van der Waals surface area contributed by atoms with Crippen LogP contribution in [0.25, 0.3) is 39.9 Å². The van der Waals surface area contributed by atoms with Crippen LogP contribution in [-0.2, 0) is 0 Å². The topological polar surface area (TPSA) is 4.93 Å². The lowest BCUT2D eigenvalue weighted by Crippen LogP contribution is -2.27. The van der Waals surface area contributed by atoms with E-state index in [1.165, 1.54) is 38.3 Å². The van der Waals surface area contributed by atoms with E-state index in [2.05, 4.69) is 108 Å². The molecule has 124 valence electrons. The van der Waals surface area contributed by atoms with Gasteiger partial charge in [-0.05, 0) is 41.8 Å². The zero-order chi connectivity index (χ0) is 17.3. The van der Waals surface area contributed by atoms with Crippen LogP contribution in [0.4, 0.5) is 0 Å².